The normalized spacial score (nSPS) is 12.0. The third-order valence-electron chi connectivity index (χ3n) is 10.3. The van der Waals surface area contributed by atoms with Crippen molar-refractivity contribution in [1.82, 2.24) is 0 Å². The minimum atomic E-state index is -0.476. The van der Waals surface area contributed by atoms with Gasteiger partial charge in [-0.2, -0.15) is 0 Å². The van der Waals surface area contributed by atoms with Crippen LogP contribution >= 0.6 is 0 Å². The first-order valence-corrected chi connectivity index (χ1v) is 21.6. The molecule has 0 amide bonds. The molecule has 0 rings (SSSR count). The summed E-state index contributed by atoms with van der Waals surface area (Å²) in [5.74, 6) is 0.151. The van der Waals surface area contributed by atoms with Gasteiger partial charge in [0.1, 0.15) is 11.6 Å². The Hall–Kier alpha value is -0.990. The second-order valence-corrected chi connectivity index (χ2v) is 15.0. The summed E-state index contributed by atoms with van der Waals surface area (Å²) in [5.41, 5.74) is 0. The maximum atomic E-state index is 12.4. The Morgan fingerprint density at radius 2 is 0.617 bits per heavy atom. The highest BCUT2D eigenvalue weighted by Gasteiger charge is 2.17. The number of hydrogen-bond acceptors (Lipinski definition) is 3. The van der Waals surface area contributed by atoms with Gasteiger partial charge in [-0.3, -0.25) is 14.4 Å². The van der Waals surface area contributed by atoms with E-state index >= 15 is 0 Å². The topological polar surface area (TPSA) is 51.2 Å². The summed E-state index contributed by atoms with van der Waals surface area (Å²) < 4.78 is 0. The summed E-state index contributed by atoms with van der Waals surface area (Å²) in [6, 6.07) is 0. The van der Waals surface area contributed by atoms with E-state index < -0.39 is 5.92 Å². The predicted octanol–water partition coefficient (Wildman–Crippen LogP) is 14.7. The molecule has 0 saturated carbocycles. The van der Waals surface area contributed by atoms with Gasteiger partial charge in [0.2, 0.25) is 6.29 Å². The molecule has 0 aliphatic carbocycles. The van der Waals surface area contributed by atoms with E-state index in [1.54, 1.807) is 0 Å². The molecule has 277 valence electrons. The van der Waals surface area contributed by atoms with Crippen LogP contribution in [0.3, 0.4) is 0 Å². The first kappa shape index (κ1) is 46.0. The molecular weight excluding hydrogens is 576 g/mol. The van der Waals surface area contributed by atoms with Crippen molar-refractivity contribution in [3.63, 3.8) is 0 Å². The Balaban J connectivity index is 3.36. The van der Waals surface area contributed by atoms with Crippen molar-refractivity contribution >= 4 is 17.9 Å². The van der Waals surface area contributed by atoms with Crippen LogP contribution in [0, 0.1) is 5.92 Å². The third-order valence-corrected chi connectivity index (χ3v) is 10.3. The first-order chi connectivity index (χ1) is 23.2. The van der Waals surface area contributed by atoms with Crippen molar-refractivity contribution in [2.45, 2.75) is 258 Å². The molecule has 0 aliphatic heterocycles. The quantitative estimate of drug-likeness (QED) is 0.0485. The Labute approximate surface area is 295 Å². The molecule has 1 atom stereocenters. The molecule has 0 heterocycles. The van der Waals surface area contributed by atoms with Crippen LogP contribution in [0.15, 0.2) is 0 Å². The molecule has 0 bridgehead atoms. The van der Waals surface area contributed by atoms with Gasteiger partial charge < -0.3 is 0 Å². The summed E-state index contributed by atoms with van der Waals surface area (Å²) in [4.78, 5) is 35.9. The molecule has 0 aromatic rings. The van der Waals surface area contributed by atoms with E-state index in [0.717, 1.165) is 51.4 Å². The van der Waals surface area contributed by atoms with E-state index in [4.69, 9.17) is 0 Å². The number of rotatable bonds is 41. The van der Waals surface area contributed by atoms with Gasteiger partial charge in [-0.1, -0.05) is 213 Å². The summed E-state index contributed by atoms with van der Waals surface area (Å²) in [6.45, 7) is 4.53. The van der Waals surface area contributed by atoms with Crippen LogP contribution in [-0.4, -0.2) is 17.9 Å². The lowest BCUT2D eigenvalue weighted by atomic mass is 9.94. The van der Waals surface area contributed by atoms with Gasteiger partial charge in [0.15, 0.2) is 0 Å². The highest BCUT2D eigenvalue weighted by Crippen LogP contribution is 2.18. The van der Waals surface area contributed by atoms with Crippen LogP contribution in [-0.2, 0) is 14.4 Å². The maximum absolute atomic E-state index is 12.4. The SMILES string of the molecule is CCCCCCCCCCCCCC(=O)CCCCCCCCCCCCCCCCC([C]=O)C(=O)CCCCCCCCCCC. The highest BCUT2D eigenvalue weighted by molar-refractivity contribution is 5.93. The zero-order valence-corrected chi connectivity index (χ0v) is 32.2. The fourth-order valence-electron chi connectivity index (χ4n) is 6.97. The summed E-state index contributed by atoms with van der Waals surface area (Å²) in [5, 5.41) is 0. The van der Waals surface area contributed by atoms with E-state index in [1.807, 2.05) is 6.29 Å². The Bertz CT molecular complexity index is 657. The van der Waals surface area contributed by atoms with Crippen molar-refractivity contribution in [1.29, 1.82) is 0 Å². The molecule has 47 heavy (non-hydrogen) atoms. The number of unbranched alkanes of at least 4 members (excludes halogenated alkanes) is 31. The first-order valence-electron chi connectivity index (χ1n) is 21.6. The minimum absolute atomic E-state index is 0.128. The minimum Gasteiger partial charge on any atom is -0.300 e. The van der Waals surface area contributed by atoms with E-state index in [0.29, 0.717) is 18.6 Å². The lowest BCUT2D eigenvalue weighted by Gasteiger charge is -2.09. The lowest BCUT2D eigenvalue weighted by molar-refractivity contribution is -0.121. The standard InChI is InChI=1S/C44H83O3/c1-3-5-7-9-11-13-18-23-26-30-34-38-43(46)39-35-31-27-24-20-17-15-14-16-19-22-25-29-33-37-42(41-45)44(47)40-36-32-28-21-12-10-8-6-4-2/h42H,3-40H2,1-2H3. The summed E-state index contributed by atoms with van der Waals surface area (Å²) in [7, 11) is 0. The van der Waals surface area contributed by atoms with Crippen LogP contribution in [0.25, 0.3) is 0 Å². The molecule has 3 heteroatoms. The molecule has 1 unspecified atom stereocenters. The lowest BCUT2D eigenvalue weighted by Crippen LogP contribution is -2.15. The average molecular weight is 660 g/mol. The van der Waals surface area contributed by atoms with E-state index in [9.17, 15) is 14.4 Å². The molecular formula is C44H83O3. The van der Waals surface area contributed by atoms with Crippen molar-refractivity contribution in [3.8, 4) is 0 Å². The van der Waals surface area contributed by atoms with Crippen molar-refractivity contribution in [2.75, 3.05) is 0 Å². The van der Waals surface area contributed by atoms with Crippen LogP contribution in [0.4, 0.5) is 0 Å². The fourth-order valence-corrected chi connectivity index (χ4v) is 6.97. The second-order valence-electron chi connectivity index (χ2n) is 15.0. The molecule has 1 radical (unpaired) electrons. The second kappa shape index (κ2) is 39.4. The molecule has 0 spiro atoms. The van der Waals surface area contributed by atoms with Crippen molar-refractivity contribution < 1.29 is 14.4 Å². The molecule has 0 aromatic heterocycles. The average Bonchev–Trinajstić information content (AvgIpc) is 3.07. The number of ketones is 2. The van der Waals surface area contributed by atoms with E-state index in [1.165, 1.54) is 180 Å². The number of hydrogen-bond donors (Lipinski definition) is 0. The van der Waals surface area contributed by atoms with Gasteiger partial charge in [-0.05, 0) is 25.7 Å². The molecule has 0 N–H and O–H groups in total. The number of carbonyl (C=O) groups is 2. The smallest absolute Gasteiger partial charge is 0.209 e. The van der Waals surface area contributed by atoms with Gasteiger partial charge in [0.05, 0.1) is 5.92 Å². The highest BCUT2D eigenvalue weighted by atomic mass is 16.1. The van der Waals surface area contributed by atoms with Crippen molar-refractivity contribution in [2.24, 2.45) is 5.92 Å². The van der Waals surface area contributed by atoms with Crippen LogP contribution in [0.2, 0.25) is 0 Å². The van der Waals surface area contributed by atoms with Crippen LogP contribution in [0.1, 0.15) is 258 Å². The molecule has 0 fully saturated rings. The molecule has 0 saturated heterocycles. The molecule has 3 nitrogen and oxygen atoms in total. The monoisotopic (exact) mass is 660 g/mol. The van der Waals surface area contributed by atoms with Gasteiger partial charge in [0.25, 0.3) is 0 Å². The van der Waals surface area contributed by atoms with Gasteiger partial charge in [-0.15, -0.1) is 0 Å². The Morgan fingerprint density at radius 3 is 0.915 bits per heavy atom. The zero-order chi connectivity index (χ0) is 34.3. The fraction of sp³-hybridized carbons (Fsp3) is 0.932. The summed E-state index contributed by atoms with van der Waals surface area (Å²) >= 11 is 0. The zero-order valence-electron chi connectivity index (χ0n) is 32.2. The number of Topliss-reactive ketones (excluding diaryl/α,β-unsaturated/α-hetero) is 2. The maximum Gasteiger partial charge on any atom is 0.209 e. The Morgan fingerprint density at radius 1 is 0.362 bits per heavy atom. The van der Waals surface area contributed by atoms with Crippen LogP contribution < -0.4 is 0 Å². The van der Waals surface area contributed by atoms with Crippen molar-refractivity contribution in [3.05, 3.63) is 0 Å². The van der Waals surface area contributed by atoms with E-state index in [-0.39, 0.29) is 5.78 Å². The molecule has 0 aromatic carbocycles. The predicted molar refractivity (Wildman–Crippen MR) is 206 cm³/mol. The number of carbonyl (C=O) groups excluding carboxylic acids is 3. The van der Waals surface area contributed by atoms with Gasteiger partial charge in [-0.25, -0.2) is 0 Å². The third kappa shape index (κ3) is 36.1. The molecule has 0 aliphatic rings. The van der Waals surface area contributed by atoms with Crippen LogP contribution in [0.5, 0.6) is 0 Å². The van der Waals surface area contributed by atoms with Gasteiger partial charge in [0, 0.05) is 19.3 Å². The largest absolute Gasteiger partial charge is 0.300 e. The summed E-state index contributed by atoms with van der Waals surface area (Å²) in [6.07, 6.45) is 48.6. The Kier molecular flexibility index (Phi) is 38.6. The van der Waals surface area contributed by atoms with Gasteiger partial charge >= 0.3 is 0 Å². The van der Waals surface area contributed by atoms with E-state index in [2.05, 4.69) is 13.8 Å².